The van der Waals surface area contributed by atoms with Gasteiger partial charge < -0.3 is 5.11 Å². The fraction of sp³-hybridized carbons (Fsp3) is 0. The summed E-state index contributed by atoms with van der Waals surface area (Å²) in [4.78, 5) is 23.6. The average molecular weight is 294 g/mol. The van der Waals surface area contributed by atoms with Crippen LogP contribution in [0.1, 0.15) is 20.7 Å². The van der Waals surface area contributed by atoms with E-state index in [1.165, 1.54) is 36.4 Å². The Kier molecular flexibility index (Phi) is 4.00. The SMILES string of the molecule is O=C(NC(=O)c1ccccc1F)c1cc(Cl)ccc1O. The van der Waals surface area contributed by atoms with Crippen LogP contribution in [0, 0.1) is 5.82 Å². The van der Waals surface area contributed by atoms with E-state index in [1.54, 1.807) is 0 Å². The van der Waals surface area contributed by atoms with Gasteiger partial charge in [-0.3, -0.25) is 14.9 Å². The van der Waals surface area contributed by atoms with Crippen LogP contribution in [0.15, 0.2) is 42.5 Å². The maximum atomic E-state index is 13.4. The zero-order chi connectivity index (χ0) is 14.7. The number of nitrogens with one attached hydrogen (secondary N) is 1. The zero-order valence-corrected chi connectivity index (χ0v) is 10.8. The minimum absolute atomic E-state index is 0.165. The number of imide groups is 1. The van der Waals surface area contributed by atoms with E-state index in [4.69, 9.17) is 11.6 Å². The Morgan fingerprint density at radius 3 is 2.40 bits per heavy atom. The van der Waals surface area contributed by atoms with E-state index >= 15 is 0 Å². The first kappa shape index (κ1) is 14.0. The normalized spacial score (nSPS) is 10.1. The molecule has 0 spiro atoms. The van der Waals surface area contributed by atoms with Crippen LogP contribution in [0.4, 0.5) is 4.39 Å². The molecule has 2 aromatic rings. The minimum Gasteiger partial charge on any atom is -0.507 e. The summed E-state index contributed by atoms with van der Waals surface area (Å²) in [6, 6.07) is 9.08. The molecule has 0 atom stereocenters. The number of rotatable bonds is 2. The third-order valence-corrected chi connectivity index (χ3v) is 2.78. The van der Waals surface area contributed by atoms with Crippen LogP contribution in [0.3, 0.4) is 0 Å². The van der Waals surface area contributed by atoms with Crippen LogP contribution >= 0.6 is 11.6 Å². The van der Waals surface area contributed by atoms with Crippen LogP contribution < -0.4 is 5.32 Å². The van der Waals surface area contributed by atoms with Crippen molar-refractivity contribution >= 4 is 23.4 Å². The third kappa shape index (κ3) is 2.95. The van der Waals surface area contributed by atoms with Gasteiger partial charge in [-0.1, -0.05) is 23.7 Å². The van der Waals surface area contributed by atoms with Crippen molar-refractivity contribution in [2.24, 2.45) is 0 Å². The first-order chi connectivity index (χ1) is 9.49. The lowest BCUT2D eigenvalue weighted by molar-refractivity contribution is 0.0846. The molecule has 0 aliphatic rings. The Labute approximate surface area is 118 Å². The maximum absolute atomic E-state index is 13.4. The topological polar surface area (TPSA) is 66.4 Å². The molecule has 2 rings (SSSR count). The van der Waals surface area contributed by atoms with Crippen molar-refractivity contribution < 1.29 is 19.1 Å². The molecule has 0 radical (unpaired) electrons. The second-order valence-corrected chi connectivity index (χ2v) is 4.36. The van der Waals surface area contributed by atoms with Crippen molar-refractivity contribution in [1.82, 2.24) is 5.32 Å². The fourth-order valence-electron chi connectivity index (χ4n) is 1.57. The van der Waals surface area contributed by atoms with E-state index in [9.17, 15) is 19.1 Å². The van der Waals surface area contributed by atoms with Gasteiger partial charge in [-0.2, -0.15) is 0 Å². The molecule has 0 bridgehead atoms. The molecule has 4 nitrogen and oxygen atoms in total. The summed E-state index contributed by atoms with van der Waals surface area (Å²) in [7, 11) is 0. The molecule has 6 heteroatoms. The van der Waals surface area contributed by atoms with Gasteiger partial charge in [0.05, 0.1) is 11.1 Å². The zero-order valence-electron chi connectivity index (χ0n) is 10.1. The monoisotopic (exact) mass is 293 g/mol. The van der Waals surface area contributed by atoms with Gasteiger partial charge in [-0.05, 0) is 30.3 Å². The molecule has 0 aromatic heterocycles. The number of phenolic OH excluding ortho intramolecular Hbond substituents is 1. The van der Waals surface area contributed by atoms with Crippen molar-refractivity contribution in [2.75, 3.05) is 0 Å². The fourth-order valence-corrected chi connectivity index (χ4v) is 1.75. The number of carbonyl (C=O) groups excluding carboxylic acids is 2. The van der Waals surface area contributed by atoms with E-state index in [0.29, 0.717) is 0 Å². The van der Waals surface area contributed by atoms with Crippen molar-refractivity contribution in [3.05, 3.63) is 64.4 Å². The van der Waals surface area contributed by atoms with Crippen molar-refractivity contribution in [2.45, 2.75) is 0 Å². The van der Waals surface area contributed by atoms with Gasteiger partial charge in [0.15, 0.2) is 0 Å². The maximum Gasteiger partial charge on any atom is 0.261 e. The standard InChI is InChI=1S/C14H9ClFNO3/c15-8-5-6-12(18)10(7-8)14(20)17-13(19)9-3-1-2-4-11(9)16/h1-7,18H,(H,17,19,20). The summed E-state index contributed by atoms with van der Waals surface area (Å²) in [5.41, 5.74) is -0.426. The first-order valence-corrected chi connectivity index (χ1v) is 5.95. The highest BCUT2D eigenvalue weighted by Gasteiger charge is 2.17. The smallest absolute Gasteiger partial charge is 0.261 e. The van der Waals surface area contributed by atoms with Gasteiger partial charge in [0, 0.05) is 5.02 Å². The van der Waals surface area contributed by atoms with Crippen LogP contribution in [0.25, 0.3) is 0 Å². The highest BCUT2D eigenvalue weighted by Crippen LogP contribution is 2.21. The van der Waals surface area contributed by atoms with Crippen molar-refractivity contribution in [1.29, 1.82) is 0 Å². The first-order valence-electron chi connectivity index (χ1n) is 5.58. The average Bonchev–Trinajstić information content (AvgIpc) is 2.41. The summed E-state index contributed by atoms with van der Waals surface area (Å²) in [5.74, 6) is -2.83. The molecule has 2 amide bonds. The molecular formula is C14H9ClFNO3. The predicted octanol–water partition coefficient (Wildman–Crippen LogP) is 2.75. The molecule has 0 saturated carbocycles. The van der Waals surface area contributed by atoms with Crippen LogP contribution in [-0.4, -0.2) is 16.9 Å². The number of hydrogen-bond acceptors (Lipinski definition) is 3. The number of hydrogen-bond donors (Lipinski definition) is 2. The Balaban J connectivity index is 2.22. The number of benzene rings is 2. The van der Waals surface area contributed by atoms with Gasteiger partial charge in [0.1, 0.15) is 11.6 Å². The molecule has 2 aromatic carbocycles. The Morgan fingerprint density at radius 1 is 1.05 bits per heavy atom. The lowest BCUT2D eigenvalue weighted by Crippen LogP contribution is -2.31. The predicted molar refractivity (Wildman–Crippen MR) is 71.3 cm³/mol. The highest BCUT2D eigenvalue weighted by atomic mass is 35.5. The van der Waals surface area contributed by atoms with E-state index in [1.807, 2.05) is 5.32 Å². The summed E-state index contributed by atoms with van der Waals surface area (Å²) in [6.45, 7) is 0. The minimum atomic E-state index is -0.896. The van der Waals surface area contributed by atoms with Gasteiger partial charge in [0.2, 0.25) is 0 Å². The van der Waals surface area contributed by atoms with E-state index < -0.39 is 17.6 Å². The third-order valence-electron chi connectivity index (χ3n) is 2.55. The molecule has 0 aliphatic carbocycles. The molecule has 102 valence electrons. The van der Waals surface area contributed by atoms with E-state index in [2.05, 4.69) is 0 Å². The van der Waals surface area contributed by atoms with Gasteiger partial charge in [-0.25, -0.2) is 4.39 Å². The summed E-state index contributed by atoms with van der Waals surface area (Å²) >= 11 is 5.70. The molecule has 20 heavy (non-hydrogen) atoms. The van der Waals surface area contributed by atoms with Crippen LogP contribution in [-0.2, 0) is 0 Å². The number of halogens is 2. The molecule has 0 aliphatic heterocycles. The van der Waals surface area contributed by atoms with Crippen LogP contribution in [0.5, 0.6) is 5.75 Å². The van der Waals surface area contributed by atoms with Crippen molar-refractivity contribution in [3.8, 4) is 5.75 Å². The second-order valence-electron chi connectivity index (χ2n) is 3.92. The number of carbonyl (C=O) groups is 2. The Morgan fingerprint density at radius 2 is 1.70 bits per heavy atom. The summed E-state index contributed by atoms with van der Waals surface area (Å²) < 4.78 is 13.4. The number of phenols is 1. The largest absolute Gasteiger partial charge is 0.507 e. The summed E-state index contributed by atoms with van der Waals surface area (Å²) in [5, 5.41) is 11.8. The van der Waals surface area contributed by atoms with Crippen LogP contribution in [0.2, 0.25) is 5.02 Å². The van der Waals surface area contributed by atoms with E-state index in [0.717, 1.165) is 6.07 Å². The van der Waals surface area contributed by atoms with Crippen molar-refractivity contribution in [3.63, 3.8) is 0 Å². The number of amides is 2. The van der Waals surface area contributed by atoms with Gasteiger partial charge in [-0.15, -0.1) is 0 Å². The highest BCUT2D eigenvalue weighted by molar-refractivity contribution is 6.31. The molecule has 0 unspecified atom stereocenters. The van der Waals surface area contributed by atoms with Gasteiger partial charge >= 0.3 is 0 Å². The molecule has 0 saturated heterocycles. The quantitative estimate of drug-likeness (QED) is 0.837. The van der Waals surface area contributed by atoms with Gasteiger partial charge in [0.25, 0.3) is 11.8 Å². The Hall–Kier alpha value is -2.40. The molecule has 0 fully saturated rings. The molecule has 2 N–H and O–H groups in total. The Bertz CT molecular complexity index is 688. The number of aromatic hydroxyl groups is 1. The summed E-state index contributed by atoms with van der Waals surface area (Å²) in [6.07, 6.45) is 0. The second kappa shape index (κ2) is 5.71. The molecular weight excluding hydrogens is 285 g/mol. The lowest BCUT2D eigenvalue weighted by atomic mass is 10.1. The molecule has 0 heterocycles. The van der Waals surface area contributed by atoms with E-state index in [-0.39, 0.29) is 21.9 Å². The lowest BCUT2D eigenvalue weighted by Gasteiger charge is -2.07.